The molecule has 2 amide bonds. The Morgan fingerprint density at radius 1 is 1.46 bits per heavy atom. The van der Waals surface area contributed by atoms with Crippen LogP contribution in [0.2, 0.25) is 0 Å². The lowest BCUT2D eigenvalue weighted by atomic mass is 9.95. The lowest BCUT2D eigenvalue weighted by Crippen LogP contribution is -2.48. The van der Waals surface area contributed by atoms with Gasteiger partial charge in [-0.25, -0.2) is 14.7 Å². The molecule has 2 aliphatic heterocycles. The Morgan fingerprint density at radius 3 is 2.92 bits per heavy atom. The number of allylic oxidation sites excluding steroid dienone is 1. The molecule has 0 N–H and O–H groups in total. The molecule has 7 heteroatoms. The van der Waals surface area contributed by atoms with Gasteiger partial charge < -0.3 is 14.4 Å². The highest BCUT2D eigenvalue weighted by Gasteiger charge is 2.38. The van der Waals surface area contributed by atoms with Crippen LogP contribution in [0.5, 0.6) is 0 Å². The van der Waals surface area contributed by atoms with Crippen LogP contribution < -0.4 is 4.90 Å². The third-order valence-electron chi connectivity index (χ3n) is 4.45. The van der Waals surface area contributed by atoms with Gasteiger partial charge in [0.2, 0.25) is 0 Å². The number of rotatable bonds is 3. The van der Waals surface area contributed by atoms with Gasteiger partial charge in [-0.1, -0.05) is 23.0 Å². The summed E-state index contributed by atoms with van der Waals surface area (Å²) in [6.45, 7) is 8.89. The molecule has 1 aromatic heterocycles. The zero-order chi connectivity index (χ0) is 17.5. The molecule has 132 valence electrons. The number of hydrogen-bond acceptors (Lipinski definition) is 5. The normalized spacial score (nSPS) is 24.3. The van der Waals surface area contributed by atoms with E-state index in [0.717, 1.165) is 23.4 Å². The van der Waals surface area contributed by atoms with Gasteiger partial charge in [0.25, 0.3) is 0 Å². The number of hydrogen-bond donors (Lipinski definition) is 0. The van der Waals surface area contributed by atoms with Gasteiger partial charge in [0.15, 0.2) is 5.13 Å². The average molecular weight is 351 g/mol. The third-order valence-corrected chi connectivity index (χ3v) is 5.88. The van der Waals surface area contributed by atoms with E-state index in [-0.39, 0.29) is 18.9 Å². The highest BCUT2D eigenvalue weighted by molar-refractivity contribution is 7.16. The molecule has 3 rings (SSSR count). The Labute approximate surface area is 147 Å². The molecule has 3 heterocycles. The number of fused-ring (bicyclic) bond motifs is 1. The molecule has 0 aliphatic carbocycles. The van der Waals surface area contributed by atoms with Crippen LogP contribution in [0.25, 0.3) is 0 Å². The highest BCUT2D eigenvalue weighted by atomic mass is 32.1. The topological polar surface area (TPSA) is 54.9 Å². The Hall–Kier alpha value is -1.44. The van der Waals surface area contributed by atoms with Gasteiger partial charge in [0.1, 0.15) is 13.5 Å². The first kappa shape index (κ1) is 17.4. The molecule has 0 aromatic carbocycles. The summed E-state index contributed by atoms with van der Waals surface area (Å²) in [7, 11) is 1.73. The van der Waals surface area contributed by atoms with E-state index in [1.54, 1.807) is 16.8 Å². The summed E-state index contributed by atoms with van der Waals surface area (Å²) in [5, 5.41) is 0.691. The van der Waals surface area contributed by atoms with Crippen molar-refractivity contribution in [2.75, 3.05) is 25.4 Å². The van der Waals surface area contributed by atoms with Crippen molar-refractivity contribution in [2.24, 2.45) is 0 Å². The van der Waals surface area contributed by atoms with Crippen LogP contribution in [-0.4, -0.2) is 42.5 Å². The van der Waals surface area contributed by atoms with Crippen LogP contribution in [0, 0.1) is 0 Å². The predicted octanol–water partition coefficient (Wildman–Crippen LogP) is 3.48. The second-order valence-electron chi connectivity index (χ2n) is 6.94. The standard InChI is InChI=1S/C17H25N3O3S/c1-6-11(2)7-12-8-13-14(17(3,4)23-12)24-15(18-13)20-10-22-9-19(5)16(20)21/h6,12H,7-10H2,1-5H3. The molecule has 2 aliphatic rings. The number of aromatic nitrogens is 1. The molecular weight excluding hydrogens is 326 g/mol. The smallest absolute Gasteiger partial charge is 0.329 e. The zero-order valence-corrected chi connectivity index (χ0v) is 15.8. The van der Waals surface area contributed by atoms with Gasteiger partial charge in [0.05, 0.1) is 22.3 Å². The van der Waals surface area contributed by atoms with Crippen LogP contribution >= 0.6 is 11.3 Å². The molecule has 0 bridgehead atoms. The summed E-state index contributed by atoms with van der Waals surface area (Å²) < 4.78 is 11.8. The van der Waals surface area contributed by atoms with Crippen LogP contribution in [0.15, 0.2) is 11.6 Å². The molecule has 24 heavy (non-hydrogen) atoms. The largest absolute Gasteiger partial charge is 0.366 e. The van der Waals surface area contributed by atoms with E-state index in [9.17, 15) is 4.79 Å². The van der Waals surface area contributed by atoms with E-state index in [0.29, 0.717) is 11.9 Å². The molecule has 1 atom stereocenters. The minimum absolute atomic E-state index is 0.0765. The van der Waals surface area contributed by atoms with E-state index in [1.165, 1.54) is 16.9 Å². The van der Waals surface area contributed by atoms with Crippen molar-refractivity contribution in [2.45, 2.75) is 52.2 Å². The van der Waals surface area contributed by atoms with Crippen LogP contribution in [-0.2, 0) is 21.5 Å². The van der Waals surface area contributed by atoms with Gasteiger partial charge in [-0.05, 0) is 34.1 Å². The quantitative estimate of drug-likeness (QED) is 0.783. The number of urea groups is 1. The summed E-state index contributed by atoms with van der Waals surface area (Å²) in [5.41, 5.74) is 1.96. The van der Waals surface area contributed by atoms with E-state index in [4.69, 9.17) is 14.5 Å². The van der Waals surface area contributed by atoms with Crippen LogP contribution in [0.3, 0.4) is 0 Å². The fraction of sp³-hybridized carbons (Fsp3) is 0.647. The Balaban J connectivity index is 1.87. The summed E-state index contributed by atoms with van der Waals surface area (Å²) in [4.78, 5) is 21.3. The maximum atomic E-state index is 12.3. The van der Waals surface area contributed by atoms with Crippen molar-refractivity contribution in [1.82, 2.24) is 9.88 Å². The predicted molar refractivity (Wildman–Crippen MR) is 94.2 cm³/mol. The van der Waals surface area contributed by atoms with Crippen molar-refractivity contribution in [3.8, 4) is 0 Å². The van der Waals surface area contributed by atoms with Gasteiger partial charge in [0, 0.05) is 13.5 Å². The Bertz CT molecular complexity index is 668. The molecule has 1 fully saturated rings. The molecule has 6 nitrogen and oxygen atoms in total. The molecule has 0 spiro atoms. The van der Waals surface area contributed by atoms with E-state index >= 15 is 0 Å². The maximum absolute atomic E-state index is 12.3. The van der Waals surface area contributed by atoms with Crippen LogP contribution in [0.4, 0.5) is 9.93 Å². The van der Waals surface area contributed by atoms with Crippen molar-refractivity contribution >= 4 is 22.5 Å². The molecule has 1 unspecified atom stereocenters. The lowest BCUT2D eigenvalue weighted by Gasteiger charge is -2.35. The number of ether oxygens (including phenoxy) is 2. The number of nitrogens with zero attached hydrogens (tertiary/aromatic N) is 3. The highest BCUT2D eigenvalue weighted by Crippen LogP contribution is 2.42. The summed E-state index contributed by atoms with van der Waals surface area (Å²) in [6, 6.07) is -0.0765. The van der Waals surface area contributed by atoms with Crippen molar-refractivity contribution in [1.29, 1.82) is 0 Å². The van der Waals surface area contributed by atoms with Crippen molar-refractivity contribution < 1.29 is 14.3 Å². The number of carbonyl (C=O) groups excluding carboxylic acids is 1. The van der Waals surface area contributed by atoms with Crippen molar-refractivity contribution in [3.05, 3.63) is 22.2 Å². The average Bonchev–Trinajstić information content (AvgIpc) is 2.94. The molecular formula is C17H25N3O3S. The molecule has 1 saturated heterocycles. The van der Waals surface area contributed by atoms with Gasteiger partial charge in [-0.3, -0.25) is 0 Å². The maximum Gasteiger partial charge on any atom is 0.329 e. The minimum Gasteiger partial charge on any atom is -0.366 e. The van der Waals surface area contributed by atoms with E-state index < -0.39 is 5.60 Å². The number of thiazole rings is 1. The SMILES string of the molecule is CC=C(C)CC1Cc2nc(N3COCN(C)C3=O)sc2C(C)(C)O1. The molecule has 0 radical (unpaired) electrons. The van der Waals surface area contributed by atoms with Crippen molar-refractivity contribution in [3.63, 3.8) is 0 Å². The number of anilines is 1. The number of carbonyl (C=O) groups is 1. The van der Waals surface area contributed by atoms with Gasteiger partial charge >= 0.3 is 6.03 Å². The first-order chi connectivity index (χ1) is 11.3. The molecule has 1 aromatic rings. The number of amides is 2. The second-order valence-corrected chi connectivity index (χ2v) is 7.91. The van der Waals surface area contributed by atoms with Gasteiger partial charge in [-0.15, -0.1) is 0 Å². The van der Waals surface area contributed by atoms with E-state index in [1.807, 2.05) is 6.92 Å². The monoisotopic (exact) mass is 351 g/mol. The fourth-order valence-corrected chi connectivity index (χ4v) is 4.22. The fourth-order valence-electron chi connectivity index (χ4n) is 3.10. The summed E-state index contributed by atoms with van der Waals surface area (Å²) in [5.74, 6) is 0. The zero-order valence-electron chi connectivity index (χ0n) is 15.0. The summed E-state index contributed by atoms with van der Waals surface area (Å²) in [6.07, 6.45) is 3.92. The Kier molecular flexibility index (Phi) is 4.68. The first-order valence-electron chi connectivity index (χ1n) is 8.22. The second kappa shape index (κ2) is 6.46. The van der Waals surface area contributed by atoms with E-state index in [2.05, 4.69) is 26.8 Å². The molecule has 0 saturated carbocycles. The summed E-state index contributed by atoms with van der Waals surface area (Å²) >= 11 is 1.53. The lowest BCUT2D eigenvalue weighted by molar-refractivity contribution is -0.0850. The van der Waals surface area contributed by atoms with Crippen LogP contribution in [0.1, 0.15) is 44.7 Å². The minimum atomic E-state index is -0.395. The Morgan fingerprint density at radius 2 is 2.21 bits per heavy atom. The van der Waals surface area contributed by atoms with Gasteiger partial charge in [-0.2, -0.15) is 0 Å². The third kappa shape index (κ3) is 3.20. The first-order valence-corrected chi connectivity index (χ1v) is 9.03.